The highest BCUT2D eigenvalue weighted by atomic mass is 16.3. The Balaban J connectivity index is 0.950. The predicted molar refractivity (Wildman–Crippen MR) is 287 cm³/mol. The van der Waals surface area contributed by atoms with Gasteiger partial charge >= 0.3 is 0 Å². The second kappa shape index (κ2) is 14.8. The molecular weight excluding hydrogens is 847 g/mol. The first-order chi connectivity index (χ1) is 34.7. The molecule has 15 rings (SSSR count). The first kappa shape index (κ1) is 39.1. The summed E-state index contributed by atoms with van der Waals surface area (Å²) < 4.78 is 6.63. The van der Waals surface area contributed by atoms with Crippen LogP contribution in [0.3, 0.4) is 0 Å². The number of rotatable bonds is 6. The zero-order valence-electron chi connectivity index (χ0n) is 38.2. The standard InChI is InChI=1S/C68H43NO/c1-2-19-45(20-3-1)67(59-30-10-4-22-51(59)52-23-5-11-31-60(52)67)46-36-38-47(39-37-46)69(48-21-16-18-44(42-48)50-28-17-29-57-56-27-9-15-35-65(56)70-66(50)57)49-40-41-64-58(43-49)55-26-8-14-34-63(55)68(64)61-32-12-6-24-53(61)54-25-7-13-33-62(54)68/h1-43H. The van der Waals surface area contributed by atoms with E-state index in [2.05, 4.69) is 260 Å². The van der Waals surface area contributed by atoms with Crippen LogP contribution in [0.1, 0.15) is 44.5 Å². The number of hydrogen-bond donors (Lipinski definition) is 0. The molecule has 0 amide bonds. The molecule has 0 bridgehead atoms. The van der Waals surface area contributed by atoms with E-state index in [0.717, 1.165) is 50.1 Å². The van der Waals surface area contributed by atoms with Crippen molar-refractivity contribution in [1.82, 2.24) is 0 Å². The fourth-order valence-corrected chi connectivity index (χ4v) is 13.0. The molecular formula is C68H43NO. The van der Waals surface area contributed by atoms with Crippen molar-refractivity contribution in [1.29, 1.82) is 0 Å². The summed E-state index contributed by atoms with van der Waals surface area (Å²) in [6, 6.07) is 96.6. The van der Waals surface area contributed by atoms with Crippen LogP contribution < -0.4 is 4.90 Å². The number of benzene rings is 11. The third-order valence-electron chi connectivity index (χ3n) is 15.8. The van der Waals surface area contributed by atoms with Crippen molar-refractivity contribution in [3.05, 3.63) is 305 Å². The molecule has 1 aromatic heterocycles. The van der Waals surface area contributed by atoms with Crippen LogP contribution in [0.2, 0.25) is 0 Å². The summed E-state index contributed by atoms with van der Waals surface area (Å²) in [4.78, 5) is 2.45. The summed E-state index contributed by atoms with van der Waals surface area (Å²) >= 11 is 0. The normalized spacial score (nSPS) is 13.9. The molecule has 2 heteroatoms. The van der Waals surface area contributed by atoms with Crippen LogP contribution in [0.15, 0.2) is 265 Å². The second-order valence-corrected chi connectivity index (χ2v) is 19.0. The van der Waals surface area contributed by atoms with Gasteiger partial charge in [0.1, 0.15) is 11.2 Å². The van der Waals surface area contributed by atoms with Gasteiger partial charge in [0.05, 0.1) is 10.8 Å². The summed E-state index contributed by atoms with van der Waals surface area (Å²) in [5, 5.41) is 2.25. The van der Waals surface area contributed by atoms with Gasteiger partial charge in [-0.25, -0.2) is 0 Å². The van der Waals surface area contributed by atoms with E-state index in [4.69, 9.17) is 4.42 Å². The van der Waals surface area contributed by atoms with Crippen LogP contribution in [0, 0.1) is 0 Å². The third kappa shape index (κ3) is 5.17. The van der Waals surface area contributed by atoms with E-state index in [9.17, 15) is 0 Å². The van der Waals surface area contributed by atoms with Crippen molar-refractivity contribution in [3.63, 3.8) is 0 Å². The number of para-hydroxylation sites is 2. The molecule has 1 heterocycles. The van der Waals surface area contributed by atoms with Crippen molar-refractivity contribution in [2.24, 2.45) is 0 Å². The maximum Gasteiger partial charge on any atom is 0.143 e. The maximum absolute atomic E-state index is 6.63. The lowest BCUT2D eigenvalue weighted by Crippen LogP contribution is -2.28. The molecule has 11 aromatic carbocycles. The van der Waals surface area contributed by atoms with Crippen molar-refractivity contribution in [3.8, 4) is 44.5 Å². The molecule has 3 aliphatic rings. The summed E-state index contributed by atoms with van der Waals surface area (Å²) in [6.07, 6.45) is 0. The van der Waals surface area contributed by atoms with Crippen LogP contribution >= 0.6 is 0 Å². The lowest BCUT2D eigenvalue weighted by Gasteiger charge is -2.34. The number of anilines is 3. The molecule has 0 unspecified atom stereocenters. The Kier molecular flexibility index (Phi) is 8.24. The Labute approximate surface area is 407 Å². The van der Waals surface area contributed by atoms with Gasteiger partial charge in [-0.05, 0) is 126 Å². The molecule has 2 nitrogen and oxygen atoms in total. The minimum atomic E-state index is -0.498. The molecule has 0 saturated carbocycles. The van der Waals surface area contributed by atoms with Gasteiger partial charge in [0, 0.05) is 33.4 Å². The Morgan fingerprint density at radius 3 is 1.34 bits per heavy atom. The van der Waals surface area contributed by atoms with E-state index in [1.165, 1.54) is 77.9 Å². The summed E-state index contributed by atoms with van der Waals surface area (Å²) in [6.45, 7) is 0. The van der Waals surface area contributed by atoms with E-state index in [-0.39, 0.29) is 0 Å². The fourth-order valence-electron chi connectivity index (χ4n) is 13.0. The summed E-state index contributed by atoms with van der Waals surface area (Å²) in [7, 11) is 0. The maximum atomic E-state index is 6.63. The van der Waals surface area contributed by atoms with Gasteiger partial charge in [-0.2, -0.15) is 0 Å². The van der Waals surface area contributed by atoms with Gasteiger partial charge in [0.25, 0.3) is 0 Å². The molecule has 70 heavy (non-hydrogen) atoms. The van der Waals surface area contributed by atoms with Crippen molar-refractivity contribution < 1.29 is 4.42 Å². The van der Waals surface area contributed by atoms with Crippen LogP contribution in [0.5, 0.6) is 0 Å². The zero-order chi connectivity index (χ0) is 46.0. The lowest BCUT2D eigenvalue weighted by atomic mass is 9.68. The molecule has 0 fully saturated rings. The van der Waals surface area contributed by atoms with Crippen LogP contribution in [0.4, 0.5) is 17.1 Å². The first-order valence-electron chi connectivity index (χ1n) is 24.3. The number of fused-ring (bicyclic) bond motifs is 16. The molecule has 0 radical (unpaired) electrons. The van der Waals surface area contributed by atoms with Gasteiger partial charge in [-0.15, -0.1) is 0 Å². The number of hydrogen-bond acceptors (Lipinski definition) is 2. The summed E-state index contributed by atoms with van der Waals surface area (Å²) in [5.74, 6) is 0. The van der Waals surface area contributed by atoms with E-state index in [1.54, 1.807) is 0 Å². The molecule has 0 atom stereocenters. The molecule has 326 valence electrons. The Morgan fingerprint density at radius 2 is 0.714 bits per heavy atom. The average Bonchev–Trinajstić information content (AvgIpc) is 4.15. The highest BCUT2D eigenvalue weighted by molar-refractivity contribution is 6.10. The van der Waals surface area contributed by atoms with Gasteiger partial charge in [-0.1, -0.05) is 218 Å². The lowest BCUT2D eigenvalue weighted by molar-refractivity contribution is 0.670. The van der Waals surface area contributed by atoms with Gasteiger partial charge in [0.15, 0.2) is 0 Å². The number of furan rings is 1. The van der Waals surface area contributed by atoms with Crippen LogP contribution in [0.25, 0.3) is 66.4 Å². The minimum absolute atomic E-state index is 0.422. The topological polar surface area (TPSA) is 16.4 Å². The quantitative estimate of drug-likeness (QED) is 0.165. The molecule has 0 saturated heterocycles. The fraction of sp³-hybridized carbons (Fsp3) is 0.0294. The molecule has 0 aliphatic heterocycles. The van der Waals surface area contributed by atoms with Crippen LogP contribution in [-0.4, -0.2) is 0 Å². The number of nitrogens with zero attached hydrogens (tertiary/aromatic N) is 1. The van der Waals surface area contributed by atoms with E-state index < -0.39 is 10.8 Å². The van der Waals surface area contributed by atoms with Crippen molar-refractivity contribution in [2.75, 3.05) is 4.90 Å². The summed E-state index contributed by atoms with van der Waals surface area (Å²) in [5.41, 5.74) is 24.4. The third-order valence-corrected chi connectivity index (χ3v) is 15.8. The molecule has 0 N–H and O–H groups in total. The average molecular weight is 890 g/mol. The minimum Gasteiger partial charge on any atom is -0.455 e. The smallest absolute Gasteiger partial charge is 0.143 e. The van der Waals surface area contributed by atoms with Crippen molar-refractivity contribution in [2.45, 2.75) is 10.8 Å². The van der Waals surface area contributed by atoms with Gasteiger partial charge < -0.3 is 9.32 Å². The molecule has 1 spiro atoms. The largest absolute Gasteiger partial charge is 0.455 e. The van der Waals surface area contributed by atoms with E-state index >= 15 is 0 Å². The first-order valence-corrected chi connectivity index (χ1v) is 24.3. The highest BCUT2D eigenvalue weighted by Gasteiger charge is 2.52. The van der Waals surface area contributed by atoms with Gasteiger partial charge in [0.2, 0.25) is 0 Å². The SMILES string of the molecule is c1ccc(C2(c3ccc(N(c4cccc(-c5cccc6c5oc5ccccc56)c4)c4ccc5c(c4)-c4ccccc4C54c5ccccc5-c5ccccc54)cc3)c3ccccc3-c3ccccc32)cc1. The van der Waals surface area contributed by atoms with E-state index in [1.807, 2.05) is 6.07 Å². The monoisotopic (exact) mass is 889 g/mol. The van der Waals surface area contributed by atoms with Crippen LogP contribution in [-0.2, 0) is 10.8 Å². The predicted octanol–water partition coefficient (Wildman–Crippen LogP) is 17.4. The van der Waals surface area contributed by atoms with E-state index in [0.29, 0.717) is 0 Å². The highest BCUT2D eigenvalue weighted by Crippen LogP contribution is 2.63. The Hall–Kier alpha value is -8.98. The molecule has 3 aliphatic carbocycles. The van der Waals surface area contributed by atoms with Crippen molar-refractivity contribution >= 4 is 39.0 Å². The Morgan fingerprint density at radius 1 is 0.271 bits per heavy atom. The molecule has 12 aromatic rings. The van der Waals surface area contributed by atoms with Gasteiger partial charge in [-0.3, -0.25) is 0 Å². The zero-order valence-corrected chi connectivity index (χ0v) is 38.2. The Bertz CT molecular complexity index is 3990. The second-order valence-electron chi connectivity index (χ2n) is 19.0.